The first-order valence-corrected chi connectivity index (χ1v) is 11.3. The first-order chi connectivity index (χ1) is 14.8. The summed E-state index contributed by atoms with van der Waals surface area (Å²) in [5, 5.41) is 0.759. The second kappa shape index (κ2) is 8.77. The molecule has 2 heteroatoms. The second-order valence-electron chi connectivity index (χ2n) is 9.34. The van der Waals surface area contributed by atoms with Crippen molar-refractivity contribution in [2.75, 3.05) is 4.90 Å². The zero-order valence-electron chi connectivity index (χ0n) is 18.8. The third-order valence-electron chi connectivity index (χ3n) is 5.87. The molecule has 0 spiro atoms. The molecule has 1 aliphatic carbocycles. The molecule has 158 valence electrons. The third kappa shape index (κ3) is 4.78. The highest BCUT2D eigenvalue weighted by atomic mass is 35.5. The van der Waals surface area contributed by atoms with Gasteiger partial charge in [0.05, 0.1) is 0 Å². The van der Waals surface area contributed by atoms with Crippen molar-refractivity contribution in [2.45, 2.75) is 45.4 Å². The molecule has 0 aliphatic heterocycles. The van der Waals surface area contributed by atoms with Gasteiger partial charge in [0.15, 0.2) is 0 Å². The molecular formula is C29H30ClN. The summed E-state index contributed by atoms with van der Waals surface area (Å²) in [6.45, 7) is 8.85. The van der Waals surface area contributed by atoms with E-state index in [1.807, 2.05) is 6.07 Å². The fourth-order valence-electron chi connectivity index (χ4n) is 4.24. The van der Waals surface area contributed by atoms with Crippen molar-refractivity contribution >= 4 is 23.0 Å². The Balaban J connectivity index is 1.86. The highest BCUT2D eigenvalue weighted by Gasteiger charge is 2.26. The molecule has 3 aromatic rings. The van der Waals surface area contributed by atoms with Gasteiger partial charge in [-0.1, -0.05) is 87.0 Å². The van der Waals surface area contributed by atoms with Crippen molar-refractivity contribution in [2.24, 2.45) is 0 Å². The van der Waals surface area contributed by atoms with Crippen LogP contribution in [0.1, 0.15) is 49.8 Å². The summed E-state index contributed by atoms with van der Waals surface area (Å²) in [5.74, 6) is 0.285. The number of halogens is 1. The van der Waals surface area contributed by atoms with Gasteiger partial charge in [-0.25, -0.2) is 0 Å². The minimum atomic E-state index is 0.120. The van der Waals surface area contributed by atoms with E-state index < -0.39 is 0 Å². The summed E-state index contributed by atoms with van der Waals surface area (Å²) in [5.41, 5.74) is 7.44. The molecule has 0 aromatic heterocycles. The molecule has 0 bridgehead atoms. The van der Waals surface area contributed by atoms with Gasteiger partial charge in [-0.2, -0.15) is 0 Å². The highest BCUT2D eigenvalue weighted by Crippen LogP contribution is 2.41. The average molecular weight is 428 g/mol. The lowest BCUT2D eigenvalue weighted by Crippen LogP contribution is -2.23. The summed E-state index contributed by atoms with van der Waals surface area (Å²) in [6.07, 6.45) is 7.65. The molecule has 0 N–H and O–H groups in total. The molecule has 0 fully saturated rings. The van der Waals surface area contributed by atoms with Crippen LogP contribution in [0.25, 0.3) is 0 Å². The molecule has 0 saturated heterocycles. The van der Waals surface area contributed by atoms with Crippen molar-refractivity contribution in [3.63, 3.8) is 0 Å². The molecule has 0 radical (unpaired) electrons. The van der Waals surface area contributed by atoms with Crippen LogP contribution in [0, 0.1) is 6.92 Å². The molecule has 1 nitrogen and oxygen atoms in total. The Bertz CT molecular complexity index is 1080. The van der Waals surface area contributed by atoms with Crippen LogP contribution >= 0.6 is 11.6 Å². The van der Waals surface area contributed by atoms with Gasteiger partial charge in [0.25, 0.3) is 0 Å². The number of nitrogens with zero attached hydrogens (tertiary/aromatic N) is 1. The lowest BCUT2D eigenvalue weighted by atomic mass is 9.86. The van der Waals surface area contributed by atoms with Gasteiger partial charge in [-0.05, 0) is 71.9 Å². The summed E-state index contributed by atoms with van der Waals surface area (Å²) >= 11 is 6.50. The van der Waals surface area contributed by atoms with Gasteiger partial charge >= 0.3 is 0 Å². The first-order valence-electron chi connectivity index (χ1n) is 10.9. The van der Waals surface area contributed by atoms with Gasteiger partial charge in [-0.15, -0.1) is 0 Å². The molecule has 31 heavy (non-hydrogen) atoms. The maximum atomic E-state index is 6.50. The van der Waals surface area contributed by atoms with Crippen LogP contribution < -0.4 is 4.90 Å². The Hall–Kier alpha value is -2.77. The summed E-state index contributed by atoms with van der Waals surface area (Å²) < 4.78 is 0. The molecule has 1 atom stereocenters. The number of hydrogen-bond donors (Lipinski definition) is 0. The van der Waals surface area contributed by atoms with E-state index in [2.05, 4.69) is 118 Å². The molecular weight excluding hydrogens is 398 g/mol. The molecule has 1 unspecified atom stereocenters. The normalized spacial score (nSPS) is 16.2. The number of aryl methyl sites for hydroxylation is 1. The van der Waals surface area contributed by atoms with Crippen LogP contribution in [0.15, 0.2) is 96.7 Å². The molecule has 4 rings (SSSR count). The highest BCUT2D eigenvalue weighted by molar-refractivity contribution is 6.31. The molecule has 0 heterocycles. The van der Waals surface area contributed by atoms with Crippen LogP contribution in [-0.2, 0) is 5.41 Å². The van der Waals surface area contributed by atoms with Crippen molar-refractivity contribution in [1.29, 1.82) is 0 Å². The molecule has 0 amide bonds. The second-order valence-corrected chi connectivity index (χ2v) is 9.77. The van der Waals surface area contributed by atoms with E-state index in [1.165, 1.54) is 16.8 Å². The Morgan fingerprint density at radius 1 is 0.871 bits per heavy atom. The van der Waals surface area contributed by atoms with E-state index in [-0.39, 0.29) is 11.3 Å². The minimum absolute atomic E-state index is 0.120. The zero-order chi connectivity index (χ0) is 22.0. The third-order valence-corrected chi connectivity index (χ3v) is 6.09. The van der Waals surface area contributed by atoms with Crippen LogP contribution in [0.3, 0.4) is 0 Å². The fourth-order valence-corrected chi connectivity index (χ4v) is 4.53. The smallest absolute Gasteiger partial charge is 0.0476 e. The van der Waals surface area contributed by atoms with Gasteiger partial charge in [-0.3, -0.25) is 0 Å². The van der Waals surface area contributed by atoms with Crippen LogP contribution in [0.4, 0.5) is 11.4 Å². The minimum Gasteiger partial charge on any atom is -0.314 e. The van der Waals surface area contributed by atoms with Gasteiger partial charge < -0.3 is 4.90 Å². The SMILES string of the molecule is Cc1cc(Cl)cc(N(C2=CC=CCC2c2ccccc2)c2ccc(C(C)(C)C)cc2)c1. The molecule has 3 aromatic carbocycles. The standard InChI is InChI=1S/C29H30ClN/c1-21-18-24(30)20-26(19-21)31(25-16-14-23(15-17-25)29(2,3)4)28-13-9-8-12-27(28)22-10-6-5-7-11-22/h5-11,13-20,27H,12H2,1-4H3. The monoisotopic (exact) mass is 427 g/mol. The number of hydrogen-bond acceptors (Lipinski definition) is 1. The quantitative estimate of drug-likeness (QED) is 0.402. The maximum absolute atomic E-state index is 6.50. The van der Waals surface area contributed by atoms with Crippen molar-refractivity contribution < 1.29 is 0 Å². The average Bonchev–Trinajstić information content (AvgIpc) is 2.74. The lowest BCUT2D eigenvalue weighted by Gasteiger charge is -2.34. The molecule has 1 aliphatic rings. The van der Waals surface area contributed by atoms with Gasteiger partial charge in [0, 0.05) is 28.0 Å². The van der Waals surface area contributed by atoms with E-state index in [0.717, 1.165) is 28.4 Å². The van der Waals surface area contributed by atoms with Crippen molar-refractivity contribution in [1.82, 2.24) is 0 Å². The summed E-state index contributed by atoms with van der Waals surface area (Å²) in [4.78, 5) is 2.37. The number of allylic oxidation sites excluding steroid dienone is 4. The van der Waals surface area contributed by atoms with E-state index in [1.54, 1.807) is 0 Å². The maximum Gasteiger partial charge on any atom is 0.0476 e. The van der Waals surface area contributed by atoms with E-state index in [0.29, 0.717) is 0 Å². The largest absolute Gasteiger partial charge is 0.314 e. The fraction of sp³-hybridized carbons (Fsp3) is 0.241. The van der Waals surface area contributed by atoms with Crippen molar-refractivity contribution in [3.8, 4) is 0 Å². The molecule has 0 saturated carbocycles. The number of anilines is 2. The van der Waals surface area contributed by atoms with Crippen LogP contribution in [0.2, 0.25) is 5.02 Å². The number of benzene rings is 3. The summed E-state index contributed by atoms with van der Waals surface area (Å²) in [7, 11) is 0. The van der Waals surface area contributed by atoms with E-state index in [4.69, 9.17) is 11.6 Å². The van der Waals surface area contributed by atoms with E-state index in [9.17, 15) is 0 Å². The predicted octanol–water partition coefficient (Wildman–Crippen LogP) is 8.71. The Morgan fingerprint density at radius 3 is 2.23 bits per heavy atom. The Labute approximate surface area is 191 Å². The predicted molar refractivity (Wildman–Crippen MR) is 134 cm³/mol. The van der Waals surface area contributed by atoms with Gasteiger partial charge in [0.2, 0.25) is 0 Å². The topological polar surface area (TPSA) is 3.24 Å². The van der Waals surface area contributed by atoms with E-state index >= 15 is 0 Å². The Morgan fingerprint density at radius 2 is 1.58 bits per heavy atom. The first kappa shape index (κ1) is 21.5. The number of rotatable bonds is 4. The zero-order valence-corrected chi connectivity index (χ0v) is 19.5. The van der Waals surface area contributed by atoms with Crippen LogP contribution in [0.5, 0.6) is 0 Å². The Kier molecular flexibility index (Phi) is 6.07. The summed E-state index contributed by atoms with van der Waals surface area (Å²) in [6, 6.07) is 26.0. The lowest BCUT2D eigenvalue weighted by molar-refractivity contribution is 0.590. The van der Waals surface area contributed by atoms with Crippen LogP contribution in [-0.4, -0.2) is 0 Å². The van der Waals surface area contributed by atoms with Crippen molar-refractivity contribution in [3.05, 3.63) is 118 Å². The van der Waals surface area contributed by atoms with Gasteiger partial charge in [0.1, 0.15) is 0 Å².